The van der Waals surface area contributed by atoms with E-state index in [1.165, 1.54) is 0 Å². The number of anilines is 1. The SMILES string of the molecule is C[C@@H](O)COc1ccc(N2CCN(C[C@H](O)c3ccc(C#N)cc3)C[C@H]2c2ccc(Cl)cc2)c(Cl)c1. The van der Waals surface area contributed by atoms with Crippen molar-refractivity contribution in [3.05, 3.63) is 93.5 Å². The van der Waals surface area contributed by atoms with Crippen LogP contribution in [0.1, 0.15) is 35.8 Å². The van der Waals surface area contributed by atoms with Crippen LogP contribution in [0.4, 0.5) is 5.69 Å². The number of β-amino-alcohol motifs (C(OH)–C–C–N with tert-alkyl or cyclic N) is 1. The van der Waals surface area contributed by atoms with Crippen LogP contribution in [0.15, 0.2) is 66.7 Å². The number of aliphatic hydroxyl groups excluding tert-OH is 2. The third kappa shape index (κ3) is 6.50. The van der Waals surface area contributed by atoms with Gasteiger partial charge in [0.15, 0.2) is 0 Å². The number of hydrogen-bond donors (Lipinski definition) is 2. The van der Waals surface area contributed by atoms with Crippen LogP contribution in [0.25, 0.3) is 0 Å². The van der Waals surface area contributed by atoms with Gasteiger partial charge in [-0.15, -0.1) is 0 Å². The van der Waals surface area contributed by atoms with Crippen LogP contribution in [0, 0.1) is 11.3 Å². The minimum atomic E-state index is -0.663. The first kappa shape index (κ1) is 26.3. The average Bonchev–Trinajstić information content (AvgIpc) is 2.88. The molecule has 0 saturated carbocycles. The lowest BCUT2D eigenvalue weighted by Gasteiger charge is -2.44. The van der Waals surface area contributed by atoms with Crippen molar-refractivity contribution < 1.29 is 14.9 Å². The maximum absolute atomic E-state index is 10.9. The van der Waals surface area contributed by atoms with Gasteiger partial charge in [0.25, 0.3) is 0 Å². The van der Waals surface area contributed by atoms with Gasteiger partial charge in [-0.1, -0.05) is 47.5 Å². The van der Waals surface area contributed by atoms with Crippen molar-refractivity contribution in [1.29, 1.82) is 5.26 Å². The van der Waals surface area contributed by atoms with E-state index in [1.54, 1.807) is 37.3 Å². The lowest BCUT2D eigenvalue weighted by Crippen LogP contribution is -2.49. The summed E-state index contributed by atoms with van der Waals surface area (Å²) in [6.45, 7) is 4.48. The average molecular weight is 526 g/mol. The molecular formula is C28H29Cl2N3O3. The maximum Gasteiger partial charge on any atom is 0.121 e. The van der Waals surface area contributed by atoms with Crippen LogP contribution in [-0.2, 0) is 0 Å². The highest BCUT2D eigenvalue weighted by Crippen LogP contribution is 2.37. The fourth-order valence-electron chi connectivity index (χ4n) is 4.42. The number of aliphatic hydroxyl groups is 2. The van der Waals surface area contributed by atoms with E-state index in [4.69, 9.17) is 33.2 Å². The predicted octanol–water partition coefficient (Wildman–Crippen LogP) is 5.22. The molecule has 1 aliphatic rings. The number of piperazine rings is 1. The first-order valence-corrected chi connectivity index (χ1v) is 12.6. The number of hydrogen-bond acceptors (Lipinski definition) is 6. The third-order valence-electron chi connectivity index (χ3n) is 6.29. The van der Waals surface area contributed by atoms with Crippen molar-refractivity contribution in [1.82, 2.24) is 4.90 Å². The van der Waals surface area contributed by atoms with Gasteiger partial charge in [-0.3, -0.25) is 4.90 Å². The standard InChI is InChI=1S/C28H29Cl2N3O3/c1-19(34)18-36-24-10-11-26(25(30)14-24)33-13-12-32(16-27(33)21-6-8-23(29)9-7-21)17-28(35)22-4-2-20(15-31)3-5-22/h2-11,14,19,27-28,34-35H,12-13,16-18H2,1H3/t19-,27+,28+/m1/s1. The van der Waals surface area contributed by atoms with Crippen LogP contribution in [-0.4, -0.2) is 54.0 Å². The molecule has 0 spiro atoms. The number of rotatable bonds is 8. The molecule has 8 heteroatoms. The molecule has 1 fully saturated rings. The molecule has 1 saturated heterocycles. The highest BCUT2D eigenvalue weighted by molar-refractivity contribution is 6.33. The Bertz CT molecular complexity index is 1200. The Morgan fingerprint density at radius 2 is 1.75 bits per heavy atom. The second kappa shape index (κ2) is 12.0. The second-order valence-corrected chi connectivity index (χ2v) is 9.89. The molecule has 188 valence electrons. The molecule has 4 rings (SSSR count). The summed E-state index contributed by atoms with van der Waals surface area (Å²) in [4.78, 5) is 4.52. The number of ether oxygens (including phenoxy) is 1. The van der Waals surface area contributed by atoms with Crippen molar-refractivity contribution in [3.63, 3.8) is 0 Å². The molecule has 0 bridgehead atoms. The van der Waals surface area contributed by atoms with E-state index >= 15 is 0 Å². The normalized spacial score (nSPS) is 17.9. The largest absolute Gasteiger partial charge is 0.491 e. The fraction of sp³-hybridized carbons (Fsp3) is 0.321. The molecule has 2 N–H and O–H groups in total. The fourth-order valence-corrected chi connectivity index (χ4v) is 4.83. The van der Waals surface area contributed by atoms with Gasteiger partial charge in [-0.05, 0) is 54.4 Å². The van der Waals surface area contributed by atoms with E-state index in [9.17, 15) is 10.2 Å². The smallest absolute Gasteiger partial charge is 0.121 e. The summed E-state index contributed by atoms with van der Waals surface area (Å²) in [5.74, 6) is 0.608. The highest BCUT2D eigenvalue weighted by atomic mass is 35.5. The molecule has 0 amide bonds. The van der Waals surface area contributed by atoms with Crippen molar-refractivity contribution in [2.24, 2.45) is 0 Å². The quantitative estimate of drug-likeness (QED) is 0.419. The number of nitrogens with zero attached hydrogens (tertiary/aromatic N) is 3. The van der Waals surface area contributed by atoms with Crippen LogP contribution in [0.5, 0.6) is 5.75 Å². The van der Waals surface area contributed by atoms with Crippen LogP contribution in [0.3, 0.4) is 0 Å². The lowest BCUT2D eigenvalue weighted by molar-refractivity contribution is 0.100. The number of halogens is 2. The molecule has 3 aromatic carbocycles. The highest BCUT2D eigenvalue weighted by Gasteiger charge is 2.31. The topological polar surface area (TPSA) is 80.0 Å². The van der Waals surface area contributed by atoms with Gasteiger partial charge in [0.1, 0.15) is 12.4 Å². The van der Waals surface area contributed by atoms with Gasteiger partial charge in [0.2, 0.25) is 0 Å². The third-order valence-corrected chi connectivity index (χ3v) is 6.85. The second-order valence-electron chi connectivity index (χ2n) is 9.04. The number of nitriles is 1. The molecule has 0 radical (unpaired) electrons. The zero-order valence-corrected chi connectivity index (χ0v) is 21.5. The predicted molar refractivity (Wildman–Crippen MR) is 143 cm³/mol. The molecule has 0 aromatic heterocycles. The molecule has 1 heterocycles. The first-order valence-electron chi connectivity index (χ1n) is 11.9. The van der Waals surface area contributed by atoms with Gasteiger partial charge in [0, 0.05) is 37.3 Å². The van der Waals surface area contributed by atoms with Gasteiger partial charge in [-0.2, -0.15) is 5.26 Å². The van der Waals surface area contributed by atoms with Crippen molar-refractivity contribution in [3.8, 4) is 11.8 Å². The maximum atomic E-state index is 10.9. The van der Waals surface area contributed by atoms with Crippen LogP contribution in [0.2, 0.25) is 10.0 Å². The van der Waals surface area contributed by atoms with E-state index in [2.05, 4.69) is 15.9 Å². The molecule has 0 aliphatic carbocycles. The summed E-state index contributed by atoms with van der Waals surface area (Å²) in [6.07, 6.45) is -1.23. The lowest BCUT2D eigenvalue weighted by atomic mass is 10.00. The monoisotopic (exact) mass is 525 g/mol. The van der Waals surface area contributed by atoms with Crippen LogP contribution >= 0.6 is 23.2 Å². The summed E-state index contributed by atoms with van der Waals surface area (Å²) in [6, 6.07) is 22.6. The van der Waals surface area contributed by atoms with Crippen molar-refractivity contribution in [2.75, 3.05) is 37.7 Å². The zero-order valence-electron chi connectivity index (χ0n) is 20.0. The van der Waals surface area contributed by atoms with E-state index in [0.717, 1.165) is 23.4 Å². The Morgan fingerprint density at radius 1 is 1.03 bits per heavy atom. The summed E-state index contributed by atoms with van der Waals surface area (Å²) in [5, 5.41) is 30.6. The molecule has 1 aliphatic heterocycles. The Balaban J connectivity index is 1.54. The van der Waals surface area contributed by atoms with Gasteiger partial charge >= 0.3 is 0 Å². The minimum Gasteiger partial charge on any atom is -0.491 e. The summed E-state index contributed by atoms with van der Waals surface area (Å²) in [7, 11) is 0. The van der Waals surface area contributed by atoms with E-state index in [1.807, 2.05) is 36.4 Å². The van der Waals surface area contributed by atoms with Gasteiger partial charge in [0.05, 0.1) is 40.6 Å². The molecule has 3 atom stereocenters. The Kier molecular flexibility index (Phi) is 8.73. The van der Waals surface area contributed by atoms with E-state index < -0.39 is 12.2 Å². The zero-order chi connectivity index (χ0) is 25.7. The van der Waals surface area contributed by atoms with Crippen molar-refractivity contribution in [2.45, 2.75) is 25.2 Å². The summed E-state index contributed by atoms with van der Waals surface area (Å²) in [5.41, 5.74) is 3.35. The Labute approximate surface area is 221 Å². The Morgan fingerprint density at radius 3 is 2.39 bits per heavy atom. The minimum absolute atomic E-state index is 0.00841. The first-order chi connectivity index (χ1) is 17.3. The molecule has 3 aromatic rings. The summed E-state index contributed by atoms with van der Waals surface area (Å²) >= 11 is 12.9. The molecule has 0 unspecified atom stereocenters. The molecule has 6 nitrogen and oxygen atoms in total. The van der Waals surface area contributed by atoms with Crippen molar-refractivity contribution >= 4 is 28.9 Å². The molecule has 36 heavy (non-hydrogen) atoms. The molecular weight excluding hydrogens is 497 g/mol. The van der Waals surface area contributed by atoms with E-state index in [-0.39, 0.29) is 12.6 Å². The van der Waals surface area contributed by atoms with Crippen LogP contribution < -0.4 is 9.64 Å². The summed E-state index contributed by atoms with van der Waals surface area (Å²) < 4.78 is 5.61. The Hall–Kier alpha value is -2.79. The van der Waals surface area contributed by atoms with Gasteiger partial charge in [-0.25, -0.2) is 0 Å². The number of benzene rings is 3. The van der Waals surface area contributed by atoms with Gasteiger partial charge < -0.3 is 19.8 Å². The van der Waals surface area contributed by atoms with E-state index in [0.29, 0.717) is 41.0 Å².